The predicted octanol–water partition coefficient (Wildman–Crippen LogP) is 2.32. The Hall–Kier alpha value is 0.0249. The summed E-state index contributed by atoms with van der Waals surface area (Å²) in [6, 6.07) is 0. The van der Waals surface area contributed by atoms with Crippen molar-refractivity contribution in [3.05, 3.63) is 0 Å². The van der Waals surface area contributed by atoms with Gasteiger partial charge in [0.2, 0.25) is 0 Å². The summed E-state index contributed by atoms with van der Waals surface area (Å²) in [6.07, 6.45) is 8.05. The number of rotatable bonds is 1. The highest BCUT2D eigenvalue weighted by atomic mass is 16.2. The molecule has 0 heterocycles. The van der Waals surface area contributed by atoms with Crippen molar-refractivity contribution in [2.24, 2.45) is 5.92 Å². The van der Waals surface area contributed by atoms with E-state index in [2.05, 4.69) is 0 Å². The van der Waals surface area contributed by atoms with Crippen molar-refractivity contribution in [3.8, 4) is 0 Å². The molecule has 0 unspecified atom stereocenters. The molecule has 0 amide bonds. The van der Waals surface area contributed by atoms with Crippen molar-refractivity contribution in [1.29, 1.82) is 0 Å². The fourth-order valence-electron chi connectivity index (χ4n) is 3.37. The Morgan fingerprint density at radius 3 is 2.18 bits per heavy atom. The molecule has 0 radical (unpaired) electrons. The Kier molecular flexibility index (Phi) is 1.75. The lowest BCUT2D eigenvalue weighted by atomic mass is 9.44. The third-order valence-electron chi connectivity index (χ3n) is 4.03. The van der Waals surface area contributed by atoms with Crippen molar-refractivity contribution in [2.45, 2.75) is 50.7 Å². The van der Waals surface area contributed by atoms with E-state index >= 15 is 0 Å². The van der Waals surface area contributed by atoms with Gasteiger partial charge in [0.15, 0.2) is 0 Å². The monoisotopic (exact) mass is 152 g/mol. The number of hydrogen-bond acceptors (Lipinski definition) is 1. The number of hydrogen-bond donors (Lipinski definition) is 1. The molecule has 0 saturated heterocycles. The van der Waals surface area contributed by atoms with Gasteiger partial charge in [-0.05, 0) is 11.2 Å². The molecule has 2 fully saturated rings. The summed E-state index contributed by atoms with van der Waals surface area (Å²) < 4.78 is 0. The minimum Gasteiger partial charge on any atom is -0.450 e. The van der Waals surface area contributed by atoms with Crippen LogP contribution in [0.3, 0.4) is 0 Å². The summed E-state index contributed by atoms with van der Waals surface area (Å²) in [5.74, 6) is 0.863. The van der Waals surface area contributed by atoms with E-state index in [1.807, 2.05) is 6.82 Å². The molecule has 0 spiro atoms. The van der Waals surface area contributed by atoms with Crippen molar-refractivity contribution >= 4 is 6.92 Å². The van der Waals surface area contributed by atoms with Crippen LogP contribution in [0.5, 0.6) is 0 Å². The van der Waals surface area contributed by atoms with Gasteiger partial charge in [0.05, 0.1) is 0 Å². The minimum atomic E-state index is -0.0579. The maximum absolute atomic E-state index is 9.71. The molecule has 62 valence electrons. The van der Waals surface area contributed by atoms with Gasteiger partial charge in [-0.15, -0.1) is 0 Å². The summed E-state index contributed by atoms with van der Waals surface area (Å²) in [7, 11) is 0. The first-order chi connectivity index (χ1) is 5.26. The van der Waals surface area contributed by atoms with Crippen molar-refractivity contribution in [1.82, 2.24) is 0 Å². The van der Waals surface area contributed by atoms with Gasteiger partial charge in [-0.1, -0.05) is 45.3 Å². The largest absolute Gasteiger partial charge is 0.450 e. The molecule has 0 bridgehead atoms. The molecule has 0 aromatic heterocycles. The van der Waals surface area contributed by atoms with Crippen molar-refractivity contribution in [2.75, 3.05) is 0 Å². The lowest BCUT2D eigenvalue weighted by Gasteiger charge is -2.30. The van der Waals surface area contributed by atoms with Crippen LogP contribution in [0.15, 0.2) is 0 Å². The second-order valence-corrected chi connectivity index (χ2v) is 4.39. The molecule has 2 aliphatic rings. The van der Waals surface area contributed by atoms with Crippen LogP contribution < -0.4 is 0 Å². The molecule has 2 rings (SSSR count). The van der Waals surface area contributed by atoms with E-state index in [0.717, 1.165) is 5.92 Å². The van der Waals surface area contributed by atoms with E-state index in [-0.39, 0.29) is 6.92 Å². The van der Waals surface area contributed by atoms with Crippen molar-refractivity contribution < 1.29 is 5.02 Å². The summed E-state index contributed by atoms with van der Waals surface area (Å²) in [5, 5.41) is 10.1. The third kappa shape index (κ3) is 0.953. The lowest BCUT2D eigenvalue weighted by Crippen LogP contribution is -2.29. The second kappa shape index (κ2) is 2.51. The first-order valence-corrected chi connectivity index (χ1v) is 4.94. The van der Waals surface area contributed by atoms with Crippen LogP contribution in [0.25, 0.3) is 0 Å². The molecular weight excluding hydrogens is 135 g/mol. The molecule has 2 aliphatic carbocycles. The van der Waals surface area contributed by atoms with Crippen LogP contribution >= 0.6 is 0 Å². The zero-order chi connectivity index (χ0) is 7.90. The van der Waals surface area contributed by atoms with Crippen LogP contribution in [-0.4, -0.2) is 11.9 Å². The molecule has 1 nitrogen and oxygen atoms in total. The summed E-state index contributed by atoms with van der Waals surface area (Å²) in [4.78, 5) is 0. The van der Waals surface area contributed by atoms with Crippen LogP contribution in [0, 0.1) is 5.92 Å². The zero-order valence-electron chi connectivity index (χ0n) is 7.34. The fourth-order valence-corrected chi connectivity index (χ4v) is 3.37. The molecule has 0 aromatic carbocycles. The van der Waals surface area contributed by atoms with Gasteiger partial charge < -0.3 is 5.02 Å². The first-order valence-electron chi connectivity index (χ1n) is 4.94. The third-order valence-corrected chi connectivity index (χ3v) is 4.03. The van der Waals surface area contributed by atoms with Gasteiger partial charge in [-0.25, -0.2) is 0 Å². The standard InChI is InChI=1S/C9H17BO/c1-10(11)9-6-2-4-8(9)5-3-7-9/h8,11H,2-7H2,1H3. The zero-order valence-corrected chi connectivity index (χ0v) is 7.34. The summed E-state index contributed by atoms with van der Waals surface area (Å²) >= 11 is 0. The molecular formula is C9H17BO. The Bertz CT molecular complexity index is 146. The summed E-state index contributed by atoms with van der Waals surface area (Å²) in [6.45, 7) is 1.93. The van der Waals surface area contributed by atoms with Gasteiger partial charge in [-0.2, -0.15) is 0 Å². The highest BCUT2D eigenvalue weighted by molar-refractivity contribution is 6.53. The SMILES string of the molecule is CB(O)C12CCCC1CCC2. The van der Waals surface area contributed by atoms with Crippen LogP contribution in [0.2, 0.25) is 12.1 Å². The van der Waals surface area contributed by atoms with Gasteiger partial charge in [0.1, 0.15) is 0 Å². The van der Waals surface area contributed by atoms with E-state index in [9.17, 15) is 5.02 Å². The van der Waals surface area contributed by atoms with Gasteiger partial charge in [-0.3, -0.25) is 0 Å². The van der Waals surface area contributed by atoms with Gasteiger partial charge >= 0.3 is 0 Å². The Morgan fingerprint density at radius 1 is 1.27 bits per heavy atom. The van der Waals surface area contributed by atoms with E-state index in [4.69, 9.17) is 0 Å². The van der Waals surface area contributed by atoms with E-state index in [1.54, 1.807) is 0 Å². The number of fused-ring (bicyclic) bond motifs is 1. The quantitative estimate of drug-likeness (QED) is 0.571. The Labute approximate surface area is 69.3 Å². The van der Waals surface area contributed by atoms with Gasteiger partial charge in [0, 0.05) is 0 Å². The van der Waals surface area contributed by atoms with E-state index in [1.165, 1.54) is 38.5 Å². The fraction of sp³-hybridized carbons (Fsp3) is 1.00. The van der Waals surface area contributed by atoms with Crippen LogP contribution in [0.1, 0.15) is 38.5 Å². The molecule has 2 saturated carbocycles. The Morgan fingerprint density at radius 2 is 1.82 bits per heavy atom. The summed E-state index contributed by atoms with van der Waals surface area (Å²) in [5.41, 5.74) is 0. The van der Waals surface area contributed by atoms with Gasteiger partial charge in [0.25, 0.3) is 6.92 Å². The smallest absolute Gasteiger partial charge is 0.292 e. The molecule has 11 heavy (non-hydrogen) atoms. The average Bonchev–Trinajstić information content (AvgIpc) is 2.40. The first kappa shape index (κ1) is 7.66. The molecule has 2 heteroatoms. The Balaban J connectivity index is 2.20. The van der Waals surface area contributed by atoms with E-state index < -0.39 is 0 Å². The minimum absolute atomic E-state index is 0.0579. The highest BCUT2D eigenvalue weighted by Crippen LogP contribution is 2.60. The van der Waals surface area contributed by atoms with Crippen LogP contribution in [0.4, 0.5) is 0 Å². The van der Waals surface area contributed by atoms with Crippen molar-refractivity contribution in [3.63, 3.8) is 0 Å². The van der Waals surface area contributed by atoms with E-state index in [0.29, 0.717) is 5.31 Å². The molecule has 0 aliphatic heterocycles. The molecule has 0 atom stereocenters. The normalized spacial score (nSPS) is 42.5. The predicted molar refractivity (Wildman–Crippen MR) is 47.7 cm³/mol. The molecule has 1 N–H and O–H groups in total. The average molecular weight is 152 g/mol. The molecule has 0 aromatic rings. The van der Waals surface area contributed by atoms with Crippen LogP contribution in [-0.2, 0) is 0 Å². The second-order valence-electron chi connectivity index (χ2n) is 4.39. The topological polar surface area (TPSA) is 20.2 Å². The lowest BCUT2D eigenvalue weighted by molar-refractivity contribution is 0.407. The highest BCUT2D eigenvalue weighted by Gasteiger charge is 2.50. The maximum atomic E-state index is 9.71. The maximum Gasteiger partial charge on any atom is 0.292 e.